The number of carbonyl (C=O) groups is 1. The lowest BCUT2D eigenvalue weighted by Gasteiger charge is -2.10. The monoisotopic (exact) mass is 437 g/mol. The molecule has 0 aliphatic heterocycles. The minimum atomic E-state index is -0.225. The lowest BCUT2D eigenvalue weighted by molar-refractivity contribution is 0.102. The van der Waals surface area contributed by atoms with Crippen molar-refractivity contribution in [1.82, 2.24) is 10.1 Å². The van der Waals surface area contributed by atoms with Crippen LogP contribution in [0.15, 0.2) is 56.4 Å². The van der Waals surface area contributed by atoms with Gasteiger partial charge in [-0.3, -0.25) is 4.79 Å². The summed E-state index contributed by atoms with van der Waals surface area (Å²) in [5.74, 6) is 1.40. The molecule has 3 rings (SSSR count). The van der Waals surface area contributed by atoms with Gasteiger partial charge in [-0.1, -0.05) is 44.8 Å². The van der Waals surface area contributed by atoms with Crippen molar-refractivity contribution < 1.29 is 9.32 Å². The molecule has 0 saturated heterocycles. The van der Waals surface area contributed by atoms with Crippen LogP contribution in [-0.2, 0) is 5.75 Å². The van der Waals surface area contributed by atoms with E-state index in [-0.39, 0.29) is 5.91 Å². The Morgan fingerprint density at radius 3 is 2.84 bits per heavy atom. The molecule has 0 spiro atoms. The van der Waals surface area contributed by atoms with E-state index in [1.807, 2.05) is 24.3 Å². The number of thioether (sulfide) groups is 1. The van der Waals surface area contributed by atoms with Crippen molar-refractivity contribution in [2.45, 2.75) is 17.6 Å². The molecule has 0 unspecified atom stereocenters. The molecule has 0 saturated carbocycles. The van der Waals surface area contributed by atoms with Crippen molar-refractivity contribution in [3.8, 4) is 0 Å². The average Bonchev–Trinajstić information content (AvgIpc) is 3.01. The van der Waals surface area contributed by atoms with Crippen molar-refractivity contribution in [3.05, 3.63) is 69.2 Å². The molecule has 0 atom stereocenters. The summed E-state index contributed by atoms with van der Waals surface area (Å²) in [7, 11) is 0. The summed E-state index contributed by atoms with van der Waals surface area (Å²) in [5, 5.41) is 7.17. The predicted molar refractivity (Wildman–Crippen MR) is 102 cm³/mol. The standard InChI is InChI=1S/C17H13BrClN3O2S/c1-10-20-16(22-24-10)9-25-15-5-3-2-4-12(15)17(23)21-14-7-6-11(18)8-13(14)19/h2-8H,9H2,1H3,(H,21,23). The molecule has 1 N–H and O–H groups in total. The minimum Gasteiger partial charge on any atom is -0.340 e. The van der Waals surface area contributed by atoms with Gasteiger partial charge in [0.05, 0.1) is 22.0 Å². The third-order valence-electron chi connectivity index (χ3n) is 3.24. The first-order valence-electron chi connectivity index (χ1n) is 7.30. The molecule has 25 heavy (non-hydrogen) atoms. The van der Waals surface area contributed by atoms with Gasteiger partial charge in [0.25, 0.3) is 5.91 Å². The van der Waals surface area contributed by atoms with Crippen molar-refractivity contribution in [3.63, 3.8) is 0 Å². The molecule has 5 nitrogen and oxygen atoms in total. The van der Waals surface area contributed by atoms with Crippen LogP contribution < -0.4 is 5.32 Å². The highest BCUT2D eigenvalue weighted by atomic mass is 79.9. The lowest BCUT2D eigenvalue weighted by atomic mass is 10.2. The van der Waals surface area contributed by atoms with Gasteiger partial charge in [-0.25, -0.2) is 0 Å². The second-order valence-electron chi connectivity index (χ2n) is 5.09. The molecule has 0 fully saturated rings. The van der Waals surface area contributed by atoms with Crippen LogP contribution in [0.4, 0.5) is 5.69 Å². The van der Waals surface area contributed by atoms with Crippen molar-refractivity contribution in [1.29, 1.82) is 0 Å². The number of nitrogens with one attached hydrogen (secondary N) is 1. The van der Waals surface area contributed by atoms with E-state index in [0.29, 0.717) is 33.7 Å². The fraction of sp³-hybridized carbons (Fsp3) is 0.118. The molecule has 128 valence electrons. The van der Waals surface area contributed by atoms with E-state index in [0.717, 1.165) is 9.37 Å². The van der Waals surface area contributed by atoms with Crippen LogP contribution in [0.25, 0.3) is 0 Å². The fourth-order valence-corrected chi connectivity index (χ4v) is 3.72. The van der Waals surface area contributed by atoms with E-state index in [4.69, 9.17) is 16.1 Å². The van der Waals surface area contributed by atoms with Crippen molar-refractivity contribution in [2.24, 2.45) is 0 Å². The Bertz CT molecular complexity index is 916. The highest BCUT2D eigenvalue weighted by Crippen LogP contribution is 2.29. The molecule has 1 aromatic heterocycles. The van der Waals surface area contributed by atoms with Gasteiger partial charge in [-0.2, -0.15) is 4.98 Å². The third kappa shape index (κ3) is 4.62. The van der Waals surface area contributed by atoms with Crippen molar-refractivity contribution >= 4 is 50.9 Å². The quantitative estimate of drug-likeness (QED) is 0.545. The van der Waals surface area contributed by atoms with Crippen LogP contribution in [0.3, 0.4) is 0 Å². The Morgan fingerprint density at radius 1 is 1.32 bits per heavy atom. The van der Waals surface area contributed by atoms with E-state index in [2.05, 4.69) is 31.4 Å². The van der Waals surface area contributed by atoms with Gasteiger partial charge in [-0.15, -0.1) is 11.8 Å². The zero-order valence-electron chi connectivity index (χ0n) is 13.1. The van der Waals surface area contributed by atoms with E-state index < -0.39 is 0 Å². The number of aryl methyl sites for hydroxylation is 1. The molecule has 0 radical (unpaired) electrons. The molecule has 3 aromatic rings. The summed E-state index contributed by atoms with van der Waals surface area (Å²) in [6.07, 6.45) is 0. The molecule has 1 heterocycles. The fourth-order valence-electron chi connectivity index (χ4n) is 2.10. The zero-order valence-corrected chi connectivity index (χ0v) is 16.3. The smallest absolute Gasteiger partial charge is 0.256 e. The zero-order chi connectivity index (χ0) is 17.8. The van der Waals surface area contributed by atoms with Gasteiger partial charge < -0.3 is 9.84 Å². The number of rotatable bonds is 5. The maximum absolute atomic E-state index is 12.6. The van der Waals surface area contributed by atoms with Gasteiger partial charge >= 0.3 is 0 Å². The Balaban J connectivity index is 1.76. The molecule has 0 aliphatic carbocycles. The van der Waals surface area contributed by atoms with E-state index >= 15 is 0 Å². The highest BCUT2D eigenvalue weighted by Gasteiger charge is 2.14. The second-order valence-corrected chi connectivity index (χ2v) is 7.43. The van der Waals surface area contributed by atoms with Gasteiger partial charge in [0, 0.05) is 16.3 Å². The van der Waals surface area contributed by atoms with Crippen LogP contribution in [-0.4, -0.2) is 16.0 Å². The van der Waals surface area contributed by atoms with Crippen LogP contribution in [0.1, 0.15) is 22.1 Å². The van der Waals surface area contributed by atoms with Crippen LogP contribution in [0.2, 0.25) is 5.02 Å². The minimum absolute atomic E-state index is 0.225. The van der Waals surface area contributed by atoms with E-state index in [9.17, 15) is 4.79 Å². The predicted octanol–water partition coefficient (Wildman–Crippen LogP) is 5.34. The summed E-state index contributed by atoms with van der Waals surface area (Å²) < 4.78 is 5.81. The highest BCUT2D eigenvalue weighted by molar-refractivity contribution is 9.10. The van der Waals surface area contributed by atoms with Crippen LogP contribution in [0, 0.1) is 6.92 Å². The number of nitrogens with zero attached hydrogens (tertiary/aromatic N) is 2. The van der Waals surface area contributed by atoms with Gasteiger partial charge in [0.1, 0.15) is 0 Å². The average molecular weight is 439 g/mol. The topological polar surface area (TPSA) is 68.0 Å². The van der Waals surface area contributed by atoms with Gasteiger partial charge in [-0.05, 0) is 30.3 Å². The summed E-state index contributed by atoms with van der Waals surface area (Å²) >= 11 is 11.0. The molecule has 0 aliphatic rings. The first kappa shape index (κ1) is 18.0. The summed E-state index contributed by atoms with van der Waals surface area (Å²) in [5.41, 5.74) is 1.12. The van der Waals surface area contributed by atoms with Crippen LogP contribution >= 0.6 is 39.3 Å². The Kier molecular flexibility index (Phi) is 5.78. The molecular weight excluding hydrogens is 426 g/mol. The molecule has 2 aromatic carbocycles. The summed E-state index contributed by atoms with van der Waals surface area (Å²) in [6, 6.07) is 12.7. The number of benzene rings is 2. The Morgan fingerprint density at radius 2 is 2.12 bits per heavy atom. The number of anilines is 1. The molecule has 8 heteroatoms. The van der Waals surface area contributed by atoms with Crippen molar-refractivity contribution in [2.75, 3.05) is 5.32 Å². The Hall–Kier alpha value is -1.83. The maximum Gasteiger partial charge on any atom is 0.256 e. The summed E-state index contributed by atoms with van der Waals surface area (Å²) in [4.78, 5) is 17.6. The van der Waals surface area contributed by atoms with E-state index in [1.54, 1.807) is 25.1 Å². The molecule has 0 bridgehead atoms. The van der Waals surface area contributed by atoms with E-state index in [1.165, 1.54) is 11.8 Å². The van der Waals surface area contributed by atoms with Gasteiger partial charge in [0.15, 0.2) is 5.82 Å². The van der Waals surface area contributed by atoms with Crippen LogP contribution in [0.5, 0.6) is 0 Å². The first-order valence-corrected chi connectivity index (χ1v) is 9.46. The number of hydrogen-bond donors (Lipinski definition) is 1. The largest absolute Gasteiger partial charge is 0.340 e. The number of hydrogen-bond acceptors (Lipinski definition) is 5. The molecule has 1 amide bonds. The second kappa shape index (κ2) is 8.03. The first-order chi connectivity index (χ1) is 12.0. The third-order valence-corrected chi connectivity index (χ3v) is 5.11. The van der Waals surface area contributed by atoms with Gasteiger partial charge in [0.2, 0.25) is 5.89 Å². The lowest BCUT2D eigenvalue weighted by Crippen LogP contribution is -2.13. The summed E-state index contributed by atoms with van der Waals surface area (Å²) in [6.45, 7) is 1.74. The molecular formula is C17H13BrClN3O2S. The maximum atomic E-state index is 12.6. The number of aromatic nitrogens is 2. The SMILES string of the molecule is Cc1nc(CSc2ccccc2C(=O)Nc2ccc(Br)cc2Cl)no1. The number of carbonyl (C=O) groups excluding carboxylic acids is 1. The normalized spacial score (nSPS) is 10.7. The number of halogens is 2. The number of amides is 1. The Labute approximate surface area is 162 Å².